The van der Waals surface area contributed by atoms with Gasteiger partial charge in [-0.15, -0.1) is 0 Å². The molecular weight excluding hydrogens is 214 g/mol. The highest BCUT2D eigenvalue weighted by molar-refractivity contribution is 5.22. The van der Waals surface area contributed by atoms with Crippen LogP contribution in [-0.4, -0.2) is 45.4 Å². The predicted molar refractivity (Wildman–Crippen MR) is 70.2 cm³/mol. The predicted octanol–water partition coefficient (Wildman–Crippen LogP) is 2.09. The van der Waals surface area contributed by atoms with Crippen molar-refractivity contribution in [3.8, 4) is 0 Å². The van der Waals surface area contributed by atoms with E-state index in [4.69, 9.17) is 9.47 Å². The van der Waals surface area contributed by atoms with Gasteiger partial charge >= 0.3 is 0 Å². The lowest BCUT2D eigenvalue weighted by molar-refractivity contribution is 0.110. The number of methoxy groups -OCH3 is 2. The van der Waals surface area contributed by atoms with Crippen LogP contribution in [0.2, 0.25) is 0 Å². The SMILES string of the molecule is COCCN(CCOC)Cc1cccc(C)c1. The maximum absolute atomic E-state index is 5.13. The van der Waals surface area contributed by atoms with Crippen LogP contribution in [0.3, 0.4) is 0 Å². The van der Waals surface area contributed by atoms with Crippen molar-refractivity contribution in [1.82, 2.24) is 4.90 Å². The first-order chi connectivity index (χ1) is 8.26. The van der Waals surface area contributed by atoms with Gasteiger partial charge < -0.3 is 9.47 Å². The molecule has 96 valence electrons. The van der Waals surface area contributed by atoms with Crippen LogP contribution in [-0.2, 0) is 16.0 Å². The number of nitrogens with zero attached hydrogens (tertiary/aromatic N) is 1. The number of benzene rings is 1. The molecule has 0 saturated heterocycles. The van der Waals surface area contributed by atoms with Gasteiger partial charge in [0, 0.05) is 33.9 Å². The molecule has 0 aliphatic heterocycles. The minimum atomic E-state index is 0.759. The van der Waals surface area contributed by atoms with E-state index >= 15 is 0 Å². The Hall–Kier alpha value is -0.900. The van der Waals surface area contributed by atoms with Gasteiger partial charge in [0.25, 0.3) is 0 Å². The van der Waals surface area contributed by atoms with Gasteiger partial charge in [-0.25, -0.2) is 0 Å². The van der Waals surface area contributed by atoms with Crippen LogP contribution in [0, 0.1) is 6.92 Å². The first-order valence-corrected chi connectivity index (χ1v) is 6.02. The van der Waals surface area contributed by atoms with Gasteiger partial charge in [0.05, 0.1) is 13.2 Å². The molecule has 1 aromatic rings. The standard InChI is InChI=1S/C14H23NO2/c1-13-5-4-6-14(11-13)12-15(7-9-16-2)8-10-17-3/h4-6,11H,7-10,12H2,1-3H3. The van der Waals surface area contributed by atoms with Crippen molar-refractivity contribution < 1.29 is 9.47 Å². The molecule has 0 unspecified atom stereocenters. The molecule has 0 aliphatic carbocycles. The van der Waals surface area contributed by atoms with E-state index < -0.39 is 0 Å². The topological polar surface area (TPSA) is 21.7 Å². The summed E-state index contributed by atoms with van der Waals surface area (Å²) in [6.07, 6.45) is 0. The average molecular weight is 237 g/mol. The van der Waals surface area contributed by atoms with Crippen molar-refractivity contribution >= 4 is 0 Å². The molecule has 0 atom stereocenters. The molecule has 0 saturated carbocycles. The molecule has 0 aliphatic rings. The number of ether oxygens (including phenoxy) is 2. The van der Waals surface area contributed by atoms with E-state index in [9.17, 15) is 0 Å². The third-order valence-corrected chi connectivity index (χ3v) is 2.71. The van der Waals surface area contributed by atoms with E-state index in [-0.39, 0.29) is 0 Å². The van der Waals surface area contributed by atoms with Crippen LogP contribution in [0.4, 0.5) is 0 Å². The Bertz CT molecular complexity index is 307. The second kappa shape index (κ2) is 8.23. The van der Waals surface area contributed by atoms with Crippen LogP contribution in [0.15, 0.2) is 24.3 Å². The number of aryl methyl sites for hydroxylation is 1. The third-order valence-electron chi connectivity index (χ3n) is 2.71. The van der Waals surface area contributed by atoms with Gasteiger partial charge in [-0.3, -0.25) is 4.90 Å². The summed E-state index contributed by atoms with van der Waals surface area (Å²) in [7, 11) is 3.47. The Morgan fingerprint density at radius 1 is 1.06 bits per heavy atom. The van der Waals surface area contributed by atoms with E-state index in [0.29, 0.717) is 0 Å². The first kappa shape index (κ1) is 14.2. The van der Waals surface area contributed by atoms with Crippen molar-refractivity contribution in [3.05, 3.63) is 35.4 Å². The fourth-order valence-electron chi connectivity index (χ4n) is 1.78. The highest BCUT2D eigenvalue weighted by Gasteiger charge is 2.05. The lowest BCUT2D eigenvalue weighted by atomic mass is 10.1. The molecule has 0 amide bonds. The van der Waals surface area contributed by atoms with Crippen molar-refractivity contribution in [3.63, 3.8) is 0 Å². The lowest BCUT2D eigenvalue weighted by Gasteiger charge is -2.21. The molecule has 1 rings (SSSR count). The molecule has 0 bridgehead atoms. The van der Waals surface area contributed by atoms with Crippen LogP contribution in [0.5, 0.6) is 0 Å². The van der Waals surface area contributed by atoms with Gasteiger partial charge in [0.1, 0.15) is 0 Å². The number of rotatable bonds is 8. The summed E-state index contributed by atoms with van der Waals surface area (Å²) in [6.45, 7) is 6.47. The molecule has 0 heterocycles. The van der Waals surface area contributed by atoms with Crippen LogP contribution >= 0.6 is 0 Å². The molecule has 3 heteroatoms. The van der Waals surface area contributed by atoms with Gasteiger partial charge in [-0.1, -0.05) is 29.8 Å². The summed E-state index contributed by atoms with van der Waals surface area (Å²) in [6, 6.07) is 8.62. The van der Waals surface area contributed by atoms with Gasteiger partial charge in [0.2, 0.25) is 0 Å². The van der Waals surface area contributed by atoms with E-state index in [2.05, 4.69) is 36.1 Å². The summed E-state index contributed by atoms with van der Waals surface area (Å²) < 4.78 is 10.3. The maximum atomic E-state index is 5.13. The summed E-state index contributed by atoms with van der Waals surface area (Å²) in [5.41, 5.74) is 2.65. The number of hydrogen-bond donors (Lipinski definition) is 0. The Labute approximate surface area is 104 Å². The van der Waals surface area contributed by atoms with Gasteiger partial charge in [0.15, 0.2) is 0 Å². The zero-order valence-electron chi connectivity index (χ0n) is 11.1. The van der Waals surface area contributed by atoms with Crippen molar-refractivity contribution in [2.24, 2.45) is 0 Å². The fraction of sp³-hybridized carbons (Fsp3) is 0.571. The van der Waals surface area contributed by atoms with Crippen molar-refractivity contribution in [2.45, 2.75) is 13.5 Å². The third kappa shape index (κ3) is 5.82. The van der Waals surface area contributed by atoms with Gasteiger partial charge in [-0.05, 0) is 12.5 Å². The van der Waals surface area contributed by atoms with E-state index in [0.717, 1.165) is 32.8 Å². The zero-order chi connectivity index (χ0) is 12.5. The van der Waals surface area contributed by atoms with E-state index in [1.807, 2.05) is 0 Å². The largest absolute Gasteiger partial charge is 0.383 e. The summed E-state index contributed by atoms with van der Waals surface area (Å²) in [4.78, 5) is 2.35. The highest BCUT2D eigenvalue weighted by Crippen LogP contribution is 2.07. The summed E-state index contributed by atoms with van der Waals surface area (Å²) in [5.74, 6) is 0. The lowest BCUT2D eigenvalue weighted by Crippen LogP contribution is -2.30. The summed E-state index contributed by atoms with van der Waals surface area (Å²) in [5, 5.41) is 0. The maximum Gasteiger partial charge on any atom is 0.0589 e. The molecule has 0 spiro atoms. The Morgan fingerprint density at radius 3 is 2.24 bits per heavy atom. The Balaban J connectivity index is 2.51. The zero-order valence-corrected chi connectivity index (χ0v) is 11.1. The molecule has 0 radical (unpaired) electrons. The summed E-state index contributed by atoms with van der Waals surface area (Å²) >= 11 is 0. The molecular formula is C14H23NO2. The normalized spacial score (nSPS) is 11.1. The van der Waals surface area contributed by atoms with Crippen LogP contribution < -0.4 is 0 Å². The minimum absolute atomic E-state index is 0.759. The number of hydrogen-bond acceptors (Lipinski definition) is 3. The molecule has 17 heavy (non-hydrogen) atoms. The second-order valence-corrected chi connectivity index (χ2v) is 4.25. The average Bonchev–Trinajstić information content (AvgIpc) is 2.32. The minimum Gasteiger partial charge on any atom is -0.383 e. The molecule has 3 nitrogen and oxygen atoms in total. The van der Waals surface area contributed by atoms with Crippen molar-refractivity contribution in [1.29, 1.82) is 0 Å². The molecule has 0 fully saturated rings. The van der Waals surface area contributed by atoms with Gasteiger partial charge in [-0.2, -0.15) is 0 Å². The van der Waals surface area contributed by atoms with Crippen LogP contribution in [0.1, 0.15) is 11.1 Å². The molecule has 0 N–H and O–H groups in total. The second-order valence-electron chi connectivity index (χ2n) is 4.25. The van der Waals surface area contributed by atoms with Crippen LogP contribution in [0.25, 0.3) is 0 Å². The first-order valence-electron chi connectivity index (χ1n) is 6.02. The monoisotopic (exact) mass is 237 g/mol. The molecule has 1 aromatic carbocycles. The van der Waals surface area contributed by atoms with Crippen molar-refractivity contribution in [2.75, 3.05) is 40.5 Å². The Morgan fingerprint density at radius 2 is 1.71 bits per heavy atom. The van der Waals surface area contributed by atoms with E-state index in [1.54, 1.807) is 14.2 Å². The van der Waals surface area contributed by atoms with E-state index in [1.165, 1.54) is 11.1 Å². The smallest absolute Gasteiger partial charge is 0.0589 e. The molecule has 0 aromatic heterocycles. The quantitative estimate of drug-likeness (QED) is 0.691. The Kier molecular flexibility index (Phi) is 6.86. The highest BCUT2D eigenvalue weighted by atomic mass is 16.5. The fourth-order valence-corrected chi connectivity index (χ4v) is 1.78.